The predicted molar refractivity (Wildman–Crippen MR) is 97.0 cm³/mol. The Morgan fingerprint density at radius 2 is 2.04 bits per heavy atom. The van der Waals surface area contributed by atoms with E-state index in [2.05, 4.69) is 10.3 Å². The van der Waals surface area contributed by atoms with Crippen molar-refractivity contribution in [1.82, 2.24) is 10.3 Å². The molecular formula is C20H18N2O4. The van der Waals surface area contributed by atoms with E-state index in [-0.39, 0.29) is 12.6 Å². The van der Waals surface area contributed by atoms with E-state index < -0.39 is 11.9 Å². The first-order chi connectivity index (χ1) is 12.6. The van der Waals surface area contributed by atoms with Crippen molar-refractivity contribution in [1.29, 1.82) is 0 Å². The average Bonchev–Trinajstić information content (AvgIpc) is 3.19. The van der Waals surface area contributed by atoms with E-state index in [0.29, 0.717) is 11.5 Å². The molecule has 1 amide bonds. The summed E-state index contributed by atoms with van der Waals surface area (Å²) in [6.07, 6.45) is 4.34. The normalized spacial score (nSPS) is 12.2. The number of nitrogens with one attached hydrogen (secondary N) is 1. The van der Waals surface area contributed by atoms with Gasteiger partial charge in [-0.2, -0.15) is 0 Å². The zero-order chi connectivity index (χ0) is 18.4. The molecule has 0 unspecified atom stereocenters. The van der Waals surface area contributed by atoms with Gasteiger partial charge in [-0.25, -0.2) is 9.78 Å². The maximum Gasteiger partial charge on any atom is 0.331 e. The number of aromatic nitrogens is 1. The van der Waals surface area contributed by atoms with E-state index in [1.54, 1.807) is 25.1 Å². The molecule has 0 aliphatic carbocycles. The minimum atomic E-state index is -0.610. The van der Waals surface area contributed by atoms with Gasteiger partial charge in [-0.05, 0) is 37.3 Å². The summed E-state index contributed by atoms with van der Waals surface area (Å²) in [6, 6.07) is 14.6. The summed E-state index contributed by atoms with van der Waals surface area (Å²) >= 11 is 0. The predicted octanol–water partition coefficient (Wildman–Crippen LogP) is 3.26. The second-order valence-electron chi connectivity index (χ2n) is 5.67. The highest BCUT2D eigenvalue weighted by Gasteiger charge is 2.12. The van der Waals surface area contributed by atoms with Crippen molar-refractivity contribution in [3.05, 3.63) is 72.3 Å². The number of para-hydroxylation sites is 1. The summed E-state index contributed by atoms with van der Waals surface area (Å²) in [5.74, 6) is -0.382. The molecule has 26 heavy (non-hydrogen) atoms. The molecule has 0 saturated heterocycles. The first-order valence-electron chi connectivity index (χ1n) is 8.15. The zero-order valence-corrected chi connectivity index (χ0v) is 14.2. The number of nitrogens with zero attached hydrogens (tertiary/aromatic N) is 1. The number of esters is 1. The van der Waals surface area contributed by atoms with Gasteiger partial charge < -0.3 is 14.5 Å². The molecule has 0 aliphatic rings. The third-order valence-corrected chi connectivity index (χ3v) is 3.70. The van der Waals surface area contributed by atoms with Crippen LogP contribution >= 0.6 is 0 Å². The van der Waals surface area contributed by atoms with Crippen LogP contribution in [0.3, 0.4) is 0 Å². The Labute approximate surface area is 150 Å². The van der Waals surface area contributed by atoms with Crippen LogP contribution in [-0.4, -0.2) is 23.5 Å². The van der Waals surface area contributed by atoms with Crippen molar-refractivity contribution in [2.24, 2.45) is 0 Å². The molecule has 0 fully saturated rings. The van der Waals surface area contributed by atoms with Gasteiger partial charge in [0.15, 0.2) is 6.61 Å². The van der Waals surface area contributed by atoms with Crippen LogP contribution in [0, 0.1) is 0 Å². The standard InChI is InChI=1S/C20H18N2O4/c1-14(18-7-4-12-25-18)21-19(23)13-26-20(24)11-10-16-9-8-15-5-2-3-6-17(15)22-16/h2-12,14H,13H2,1H3,(H,21,23)/b11-10+/t14-/m0/s1. The molecule has 132 valence electrons. The SMILES string of the molecule is C[C@H](NC(=O)COC(=O)/C=C/c1ccc2ccccc2n1)c1ccco1. The van der Waals surface area contributed by atoms with Crippen LogP contribution in [0.5, 0.6) is 0 Å². The maximum atomic E-state index is 11.8. The van der Waals surface area contributed by atoms with Gasteiger partial charge in [-0.1, -0.05) is 24.3 Å². The lowest BCUT2D eigenvalue weighted by atomic mass is 10.2. The maximum absolute atomic E-state index is 11.8. The van der Waals surface area contributed by atoms with Crippen molar-refractivity contribution >= 4 is 28.9 Å². The Hall–Kier alpha value is -3.41. The molecule has 0 bridgehead atoms. The third kappa shape index (κ3) is 4.57. The molecule has 1 aromatic carbocycles. The number of carbonyl (C=O) groups excluding carboxylic acids is 2. The van der Waals surface area contributed by atoms with Crippen LogP contribution in [-0.2, 0) is 14.3 Å². The van der Waals surface area contributed by atoms with Crippen LogP contribution in [0.25, 0.3) is 17.0 Å². The summed E-state index contributed by atoms with van der Waals surface area (Å²) in [7, 11) is 0. The molecule has 1 N–H and O–H groups in total. The molecule has 3 rings (SSSR count). The number of hydrogen-bond acceptors (Lipinski definition) is 5. The van der Waals surface area contributed by atoms with Crippen molar-refractivity contribution < 1.29 is 18.7 Å². The number of hydrogen-bond donors (Lipinski definition) is 1. The fourth-order valence-corrected chi connectivity index (χ4v) is 2.40. The van der Waals surface area contributed by atoms with Crippen LogP contribution in [0.15, 0.2) is 65.3 Å². The van der Waals surface area contributed by atoms with Gasteiger partial charge in [0.25, 0.3) is 5.91 Å². The van der Waals surface area contributed by atoms with E-state index in [0.717, 1.165) is 10.9 Å². The molecule has 0 spiro atoms. The Balaban J connectivity index is 1.49. The van der Waals surface area contributed by atoms with Crippen molar-refractivity contribution in [2.45, 2.75) is 13.0 Å². The molecule has 1 atom stereocenters. The van der Waals surface area contributed by atoms with E-state index in [1.807, 2.05) is 36.4 Å². The largest absolute Gasteiger partial charge is 0.467 e. The molecule has 2 aromatic heterocycles. The van der Waals surface area contributed by atoms with E-state index >= 15 is 0 Å². The van der Waals surface area contributed by atoms with Gasteiger partial charge in [0.05, 0.1) is 23.5 Å². The second kappa shape index (κ2) is 8.11. The average molecular weight is 350 g/mol. The van der Waals surface area contributed by atoms with Gasteiger partial charge >= 0.3 is 5.97 Å². The van der Waals surface area contributed by atoms with E-state index in [4.69, 9.17) is 9.15 Å². The molecule has 3 aromatic rings. The van der Waals surface area contributed by atoms with Crippen molar-refractivity contribution in [3.8, 4) is 0 Å². The van der Waals surface area contributed by atoms with Crippen LogP contribution in [0.4, 0.5) is 0 Å². The molecule has 0 aliphatic heterocycles. The molecule has 0 saturated carbocycles. The molecular weight excluding hydrogens is 332 g/mol. The number of amides is 1. The first kappa shape index (κ1) is 17.4. The van der Waals surface area contributed by atoms with Gasteiger partial charge in [-0.15, -0.1) is 0 Å². The minimum Gasteiger partial charge on any atom is -0.467 e. The highest BCUT2D eigenvalue weighted by Crippen LogP contribution is 2.13. The first-order valence-corrected chi connectivity index (χ1v) is 8.15. The monoisotopic (exact) mass is 350 g/mol. The fourth-order valence-electron chi connectivity index (χ4n) is 2.40. The number of carbonyl (C=O) groups is 2. The lowest BCUT2D eigenvalue weighted by molar-refractivity contribution is -0.144. The number of furan rings is 1. The molecule has 6 nitrogen and oxygen atoms in total. The van der Waals surface area contributed by atoms with Gasteiger partial charge in [0.2, 0.25) is 0 Å². The highest BCUT2D eigenvalue weighted by molar-refractivity contribution is 5.89. The smallest absolute Gasteiger partial charge is 0.331 e. The molecule has 0 radical (unpaired) electrons. The van der Waals surface area contributed by atoms with Gasteiger partial charge in [-0.3, -0.25) is 4.79 Å². The summed E-state index contributed by atoms with van der Waals surface area (Å²) in [5, 5.41) is 3.71. The number of ether oxygens (including phenoxy) is 1. The zero-order valence-electron chi connectivity index (χ0n) is 14.2. The lowest BCUT2D eigenvalue weighted by Gasteiger charge is -2.11. The Bertz CT molecular complexity index is 932. The summed E-state index contributed by atoms with van der Waals surface area (Å²) in [4.78, 5) is 28.0. The minimum absolute atomic E-state index is 0.298. The quantitative estimate of drug-likeness (QED) is 0.545. The number of fused-ring (bicyclic) bond motifs is 1. The lowest BCUT2D eigenvalue weighted by Crippen LogP contribution is -2.30. The Kier molecular flexibility index (Phi) is 5.43. The van der Waals surface area contributed by atoms with E-state index in [1.165, 1.54) is 12.3 Å². The van der Waals surface area contributed by atoms with Crippen molar-refractivity contribution in [2.75, 3.05) is 6.61 Å². The molecule has 2 heterocycles. The van der Waals surface area contributed by atoms with Crippen LogP contribution in [0.2, 0.25) is 0 Å². The third-order valence-electron chi connectivity index (χ3n) is 3.70. The van der Waals surface area contributed by atoms with Gasteiger partial charge in [0.1, 0.15) is 5.76 Å². The number of benzene rings is 1. The van der Waals surface area contributed by atoms with E-state index in [9.17, 15) is 9.59 Å². The Morgan fingerprint density at radius 1 is 1.19 bits per heavy atom. The van der Waals surface area contributed by atoms with Gasteiger partial charge in [0, 0.05) is 11.5 Å². The van der Waals surface area contributed by atoms with Crippen LogP contribution in [0.1, 0.15) is 24.4 Å². The van der Waals surface area contributed by atoms with Crippen molar-refractivity contribution in [3.63, 3.8) is 0 Å². The number of rotatable bonds is 6. The summed E-state index contributed by atoms with van der Waals surface area (Å²) in [5.41, 5.74) is 1.48. The Morgan fingerprint density at radius 3 is 2.85 bits per heavy atom. The second-order valence-corrected chi connectivity index (χ2v) is 5.67. The fraction of sp³-hybridized carbons (Fsp3) is 0.150. The molecule has 6 heteroatoms. The van der Waals surface area contributed by atoms with Crippen LogP contribution < -0.4 is 5.32 Å². The topological polar surface area (TPSA) is 81.4 Å². The highest BCUT2D eigenvalue weighted by atomic mass is 16.5. The number of pyridine rings is 1. The summed E-state index contributed by atoms with van der Waals surface area (Å²) < 4.78 is 10.1. The summed E-state index contributed by atoms with van der Waals surface area (Å²) in [6.45, 7) is 1.42.